The minimum absolute atomic E-state index is 0.135. The molecule has 1 saturated heterocycles. The average molecular weight is 383 g/mol. The summed E-state index contributed by atoms with van der Waals surface area (Å²) in [7, 11) is -3.94. The summed E-state index contributed by atoms with van der Waals surface area (Å²) in [4.78, 5) is 14.6. The summed E-state index contributed by atoms with van der Waals surface area (Å²) in [6.45, 7) is 3.55. The van der Waals surface area contributed by atoms with Crippen LogP contribution in [0.2, 0.25) is 0 Å². The first kappa shape index (κ1) is 17.7. The lowest BCUT2D eigenvalue weighted by molar-refractivity contribution is -0.122. The van der Waals surface area contributed by atoms with Gasteiger partial charge in [0, 0.05) is 13.1 Å². The van der Waals surface area contributed by atoms with Gasteiger partial charge in [-0.1, -0.05) is 36.4 Å². The lowest BCUT2D eigenvalue weighted by Crippen LogP contribution is -2.42. The zero-order valence-electron chi connectivity index (χ0n) is 15.1. The van der Waals surface area contributed by atoms with E-state index in [0.29, 0.717) is 25.3 Å². The second kappa shape index (κ2) is 6.81. The highest BCUT2D eigenvalue weighted by Gasteiger charge is 2.39. The van der Waals surface area contributed by atoms with Gasteiger partial charge in [-0.2, -0.15) is 5.10 Å². The number of nitrogens with zero attached hydrogens (tertiary/aromatic N) is 3. The lowest BCUT2D eigenvalue weighted by atomic mass is 10.1. The van der Waals surface area contributed by atoms with Crippen molar-refractivity contribution in [2.75, 3.05) is 18.1 Å². The van der Waals surface area contributed by atoms with Crippen LogP contribution in [0.15, 0.2) is 58.5 Å². The molecule has 6 nitrogen and oxygen atoms in total. The maximum absolute atomic E-state index is 13.1. The van der Waals surface area contributed by atoms with E-state index in [1.54, 1.807) is 34.2 Å². The quantitative estimate of drug-likeness (QED) is 0.817. The van der Waals surface area contributed by atoms with Gasteiger partial charge < -0.3 is 4.90 Å². The van der Waals surface area contributed by atoms with Gasteiger partial charge in [0.25, 0.3) is 5.91 Å². The Morgan fingerprint density at radius 2 is 1.70 bits per heavy atom. The molecule has 2 aromatic rings. The van der Waals surface area contributed by atoms with Crippen molar-refractivity contribution >= 4 is 26.5 Å². The number of carbonyl (C=O) groups is 1. The molecule has 2 aliphatic heterocycles. The molecule has 2 heterocycles. The van der Waals surface area contributed by atoms with Gasteiger partial charge >= 0.3 is 0 Å². The number of sulfone groups is 1. The van der Waals surface area contributed by atoms with Crippen LogP contribution in [0.5, 0.6) is 0 Å². The van der Waals surface area contributed by atoms with Crippen molar-refractivity contribution in [3.05, 3.63) is 59.7 Å². The molecule has 0 aromatic heterocycles. The summed E-state index contributed by atoms with van der Waals surface area (Å²) in [5.74, 6) is -0.503. The number of benzene rings is 2. The van der Waals surface area contributed by atoms with Crippen LogP contribution in [0.25, 0.3) is 0 Å². The van der Waals surface area contributed by atoms with Crippen LogP contribution in [0.3, 0.4) is 0 Å². The Labute approximate surface area is 159 Å². The van der Waals surface area contributed by atoms with Crippen LogP contribution < -0.4 is 5.01 Å². The maximum atomic E-state index is 13.1. The zero-order valence-corrected chi connectivity index (χ0v) is 15.9. The van der Waals surface area contributed by atoms with Crippen molar-refractivity contribution in [1.82, 2.24) is 4.90 Å². The van der Waals surface area contributed by atoms with Crippen LogP contribution in [0.4, 0.5) is 5.69 Å². The molecule has 27 heavy (non-hydrogen) atoms. The number of likely N-dealkylation sites (tertiary alicyclic amines) is 1. The molecule has 4 rings (SSSR count). The Morgan fingerprint density at radius 3 is 2.44 bits per heavy atom. The fraction of sp³-hybridized carbons (Fsp3) is 0.300. The Kier molecular flexibility index (Phi) is 4.47. The topological polar surface area (TPSA) is 70.1 Å². The highest BCUT2D eigenvalue weighted by atomic mass is 32.2. The van der Waals surface area contributed by atoms with Crippen molar-refractivity contribution in [1.29, 1.82) is 0 Å². The third kappa shape index (κ3) is 3.12. The third-order valence-corrected chi connectivity index (χ3v) is 6.75. The highest BCUT2D eigenvalue weighted by Crippen LogP contribution is 2.33. The largest absolute Gasteiger partial charge is 0.337 e. The molecule has 1 fully saturated rings. The van der Waals surface area contributed by atoms with E-state index in [1.807, 2.05) is 31.2 Å². The molecule has 140 valence electrons. The Hall–Kier alpha value is -2.67. The fourth-order valence-electron chi connectivity index (χ4n) is 3.50. The second-order valence-corrected chi connectivity index (χ2v) is 8.69. The predicted molar refractivity (Wildman–Crippen MR) is 104 cm³/mol. The molecule has 2 aromatic carbocycles. The molecule has 0 saturated carbocycles. The van der Waals surface area contributed by atoms with E-state index in [4.69, 9.17) is 0 Å². The predicted octanol–water partition coefficient (Wildman–Crippen LogP) is 2.72. The van der Waals surface area contributed by atoms with E-state index in [-0.39, 0.29) is 9.94 Å². The summed E-state index contributed by atoms with van der Waals surface area (Å²) in [6, 6.07) is 14.6. The van der Waals surface area contributed by atoms with Crippen molar-refractivity contribution < 1.29 is 13.2 Å². The molecule has 1 amide bonds. The van der Waals surface area contributed by atoms with E-state index >= 15 is 0 Å². The molecule has 0 radical (unpaired) electrons. The summed E-state index contributed by atoms with van der Waals surface area (Å²) < 4.78 is 26.1. The number of carbonyl (C=O) groups excluding carboxylic acids is 1. The minimum Gasteiger partial charge on any atom is -0.337 e. The Bertz CT molecular complexity index is 1020. The van der Waals surface area contributed by atoms with Gasteiger partial charge in [-0.3, -0.25) is 9.80 Å². The monoisotopic (exact) mass is 383 g/mol. The number of hydrazone groups is 1. The van der Waals surface area contributed by atoms with Gasteiger partial charge in [0.1, 0.15) is 0 Å². The van der Waals surface area contributed by atoms with Gasteiger partial charge in [0.2, 0.25) is 14.9 Å². The van der Waals surface area contributed by atoms with Crippen molar-refractivity contribution in [3.8, 4) is 0 Å². The number of fused-ring (bicyclic) bond motifs is 1. The van der Waals surface area contributed by atoms with Crippen LogP contribution in [0.1, 0.15) is 24.0 Å². The molecule has 7 heteroatoms. The van der Waals surface area contributed by atoms with Crippen LogP contribution in [-0.2, 0) is 21.2 Å². The van der Waals surface area contributed by atoms with E-state index in [1.165, 1.54) is 0 Å². The SMILES string of the molecule is Cc1ccccc1CN1N=C(C(=O)N2CCCC2)S(=O)(=O)c2ccccc21. The zero-order chi connectivity index (χ0) is 19.0. The molecule has 0 N–H and O–H groups in total. The van der Waals surface area contributed by atoms with Gasteiger partial charge in [-0.15, -0.1) is 0 Å². The average Bonchev–Trinajstić information content (AvgIpc) is 3.20. The fourth-order valence-corrected chi connectivity index (χ4v) is 4.98. The number of para-hydroxylation sites is 1. The van der Waals surface area contributed by atoms with Crippen LogP contribution in [-0.4, -0.2) is 37.4 Å². The number of amides is 1. The summed E-state index contributed by atoms with van der Waals surface area (Å²) >= 11 is 0. The Balaban J connectivity index is 1.80. The van der Waals surface area contributed by atoms with Crippen LogP contribution in [0, 0.1) is 6.92 Å². The molecule has 0 unspecified atom stereocenters. The standard InChI is InChI=1S/C20H21N3O3S/c1-15-8-2-3-9-16(15)14-23-17-10-4-5-11-18(17)27(25,26)19(21-23)20(24)22-12-6-7-13-22/h2-5,8-11H,6-7,12-14H2,1H3. The maximum Gasteiger partial charge on any atom is 0.286 e. The molecule has 0 atom stereocenters. The van der Waals surface area contributed by atoms with Gasteiger partial charge in [0.15, 0.2) is 0 Å². The van der Waals surface area contributed by atoms with Crippen molar-refractivity contribution in [3.63, 3.8) is 0 Å². The smallest absolute Gasteiger partial charge is 0.286 e. The van der Waals surface area contributed by atoms with Crippen molar-refractivity contribution in [2.45, 2.75) is 31.2 Å². The van der Waals surface area contributed by atoms with E-state index < -0.39 is 15.7 Å². The second-order valence-electron chi connectivity index (χ2n) is 6.86. The van der Waals surface area contributed by atoms with Gasteiger partial charge in [-0.05, 0) is 43.0 Å². The number of rotatable bonds is 3. The minimum atomic E-state index is -3.94. The van der Waals surface area contributed by atoms with E-state index in [2.05, 4.69) is 5.10 Å². The highest BCUT2D eigenvalue weighted by molar-refractivity contribution is 8.08. The van der Waals surface area contributed by atoms with E-state index in [9.17, 15) is 13.2 Å². The number of hydrogen-bond acceptors (Lipinski definition) is 5. The number of aryl methyl sites for hydroxylation is 1. The summed E-state index contributed by atoms with van der Waals surface area (Å²) in [5, 5.41) is 5.58. The molecular weight excluding hydrogens is 362 g/mol. The first-order valence-electron chi connectivity index (χ1n) is 9.02. The van der Waals surface area contributed by atoms with E-state index in [0.717, 1.165) is 24.0 Å². The van der Waals surface area contributed by atoms with Crippen LogP contribution >= 0.6 is 0 Å². The molecule has 2 aliphatic rings. The summed E-state index contributed by atoms with van der Waals surface area (Å²) in [5.41, 5.74) is 2.62. The van der Waals surface area contributed by atoms with Crippen molar-refractivity contribution in [2.24, 2.45) is 5.10 Å². The molecule has 0 bridgehead atoms. The Morgan fingerprint density at radius 1 is 1.04 bits per heavy atom. The molecule has 0 spiro atoms. The van der Waals surface area contributed by atoms with Gasteiger partial charge in [-0.25, -0.2) is 8.42 Å². The molecule has 0 aliphatic carbocycles. The normalized spacial score (nSPS) is 18.2. The first-order valence-corrected chi connectivity index (χ1v) is 10.5. The third-order valence-electron chi connectivity index (χ3n) is 5.06. The van der Waals surface area contributed by atoms with Gasteiger partial charge in [0.05, 0.1) is 17.1 Å². The number of hydrogen-bond donors (Lipinski definition) is 0. The first-order chi connectivity index (χ1) is 13.0. The number of anilines is 1. The summed E-state index contributed by atoms with van der Waals surface area (Å²) in [6.07, 6.45) is 1.78. The lowest BCUT2D eigenvalue weighted by Gasteiger charge is -2.29. The molecular formula is C20H21N3O3S.